The van der Waals surface area contributed by atoms with Gasteiger partial charge >= 0.3 is 0 Å². The summed E-state index contributed by atoms with van der Waals surface area (Å²) in [5.74, 6) is -1.99. The molecule has 0 radical (unpaired) electrons. The molecule has 2 rings (SSSR count). The smallest absolute Gasteiger partial charge is 0.233 e. The molecule has 0 N–H and O–H groups in total. The van der Waals surface area contributed by atoms with Gasteiger partial charge in [-0.2, -0.15) is 4.39 Å². The molecule has 1 heterocycles. The van der Waals surface area contributed by atoms with E-state index >= 15 is 0 Å². The van der Waals surface area contributed by atoms with Crippen LogP contribution in [0.5, 0.6) is 11.6 Å². The van der Waals surface area contributed by atoms with Crippen molar-refractivity contribution in [1.29, 1.82) is 0 Å². The van der Waals surface area contributed by atoms with Crippen LogP contribution in [0, 0.1) is 11.6 Å². The van der Waals surface area contributed by atoms with Crippen molar-refractivity contribution >= 4 is 15.9 Å². The summed E-state index contributed by atoms with van der Waals surface area (Å²) in [6.45, 7) is 0. The van der Waals surface area contributed by atoms with E-state index in [0.717, 1.165) is 6.07 Å². The van der Waals surface area contributed by atoms with Crippen LogP contribution < -0.4 is 4.74 Å². The fourth-order valence-corrected chi connectivity index (χ4v) is 1.45. The second-order valence-electron chi connectivity index (χ2n) is 2.94. The maximum atomic E-state index is 13.3. The summed E-state index contributed by atoms with van der Waals surface area (Å²) < 4.78 is 31.9. The van der Waals surface area contributed by atoms with E-state index in [1.165, 1.54) is 18.3 Å². The van der Waals surface area contributed by atoms with Gasteiger partial charge in [0.05, 0.1) is 4.47 Å². The fraction of sp³-hybridized carbons (Fsp3) is 0. The Morgan fingerprint density at radius 3 is 2.69 bits per heavy atom. The van der Waals surface area contributed by atoms with Crippen molar-refractivity contribution in [2.45, 2.75) is 0 Å². The van der Waals surface area contributed by atoms with E-state index in [-0.39, 0.29) is 11.6 Å². The van der Waals surface area contributed by atoms with Crippen molar-refractivity contribution in [2.75, 3.05) is 0 Å². The van der Waals surface area contributed by atoms with E-state index in [9.17, 15) is 8.78 Å². The van der Waals surface area contributed by atoms with E-state index in [0.29, 0.717) is 4.47 Å². The summed E-state index contributed by atoms with van der Waals surface area (Å²) in [7, 11) is 0. The minimum atomic E-state index is -1.03. The molecule has 5 heteroatoms. The summed E-state index contributed by atoms with van der Waals surface area (Å²) in [4.78, 5) is 3.89. The molecule has 0 unspecified atom stereocenters. The van der Waals surface area contributed by atoms with E-state index < -0.39 is 11.6 Å². The number of rotatable bonds is 2. The van der Waals surface area contributed by atoms with Crippen molar-refractivity contribution in [3.8, 4) is 11.6 Å². The van der Waals surface area contributed by atoms with Crippen LogP contribution >= 0.6 is 15.9 Å². The normalized spacial score (nSPS) is 10.2. The Bertz CT molecular complexity index is 519. The van der Waals surface area contributed by atoms with Crippen molar-refractivity contribution < 1.29 is 13.5 Å². The average molecular weight is 286 g/mol. The van der Waals surface area contributed by atoms with E-state index in [1.807, 2.05) is 0 Å². The molecular weight excluding hydrogens is 280 g/mol. The lowest BCUT2D eigenvalue weighted by atomic mass is 10.3. The van der Waals surface area contributed by atoms with Gasteiger partial charge in [0, 0.05) is 6.20 Å². The summed E-state index contributed by atoms with van der Waals surface area (Å²) in [6.07, 6.45) is 1.50. The predicted molar refractivity (Wildman–Crippen MR) is 58.4 cm³/mol. The first-order chi connectivity index (χ1) is 7.68. The van der Waals surface area contributed by atoms with E-state index in [1.54, 1.807) is 12.1 Å². The third kappa shape index (κ3) is 2.19. The zero-order chi connectivity index (χ0) is 11.5. The topological polar surface area (TPSA) is 22.1 Å². The second kappa shape index (κ2) is 4.57. The highest BCUT2D eigenvalue weighted by Gasteiger charge is 2.11. The van der Waals surface area contributed by atoms with Crippen LogP contribution in [0.4, 0.5) is 8.78 Å². The van der Waals surface area contributed by atoms with Crippen molar-refractivity contribution in [3.05, 3.63) is 52.6 Å². The lowest BCUT2D eigenvalue weighted by molar-refractivity contribution is 0.403. The molecule has 16 heavy (non-hydrogen) atoms. The van der Waals surface area contributed by atoms with Gasteiger partial charge in [0.15, 0.2) is 11.6 Å². The van der Waals surface area contributed by atoms with Gasteiger partial charge in [0.25, 0.3) is 0 Å². The van der Waals surface area contributed by atoms with Crippen molar-refractivity contribution in [3.63, 3.8) is 0 Å². The quantitative estimate of drug-likeness (QED) is 0.835. The standard InChI is InChI=1S/C11H6BrF2NO/c12-7-3-2-6-15-11(7)16-9-5-1-4-8(13)10(9)14/h1-6H. The minimum absolute atomic E-state index is 0.187. The van der Waals surface area contributed by atoms with Crippen LogP contribution in [0.3, 0.4) is 0 Å². The van der Waals surface area contributed by atoms with Gasteiger partial charge in [-0.05, 0) is 40.2 Å². The number of hydrogen-bond donors (Lipinski definition) is 0. The average Bonchev–Trinajstić information content (AvgIpc) is 2.28. The van der Waals surface area contributed by atoms with Crippen LogP contribution in [0.2, 0.25) is 0 Å². The molecular formula is C11H6BrF2NO. The molecule has 1 aromatic carbocycles. The van der Waals surface area contributed by atoms with Gasteiger partial charge in [-0.15, -0.1) is 0 Å². The Balaban J connectivity index is 2.35. The highest BCUT2D eigenvalue weighted by molar-refractivity contribution is 9.10. The molecule has 0 atom stereocenters. The molecule has 0 amide bonds. The number of aromatic nitrogens is 1. The number of nitrogens with zero attached hydrogens (tertiary/aromatic N) is 1. The molecule has 0 aliphatic carbocycles. The van der Waals surface area contributed by atoms with Gasteiger partial charge in [-0.3, -0.25) is 0 Å². The summed E-state index contributed by atoms with van der Waals surface area (Å²) in [5, 5.41) is 0. The van der Waals surface area contributed by atoms with E-state index in [2.05, 4.69) is 20.9 Å². The SMILES string of the molecule is Fc1cccc(Oc2ncccc2Br)c1F. The van der Waals surface area contributed by atoms with Crippen LogP contribution in [0.25, 0.3) is 0 Å². The Kier molecular flexibility index (Phi) is 3.14. The number of halogens is 3. The van der Waals surface area contributed by atoms with Gasteiger partial charge in [-0.1, -0.05) is 6.07 Å². The maximum absolute atomic E-state index is 13.3. The highest BCUT2D eigenvalue weighted by Crippen LogP contribution is 2.29. The molecule has 1 aromatic heterocycles. The summed E-state index contributed by atoms with van der Waals surface area (Å²) in [5.41, 5.74) is 0. The number of pyridine rings is 1. The first-order valence-corrected chi connectivity index (χ1v) is 5.20. The van der Waals surface area contributed by atoms with Gasteiger partial charge < -0.3 is 4.74 Å². The van der Waals surface area contributed by atoms with Gasteiger partial charge in [0.1, 0.15) is 0 Å². The molecule has 0 aliphatic rings. The fourth-order valence-electron chi connectivity index (χ4n) is 1.11. The molecule has 0 spiro atoms. The molecule has 0 saturated heterocycles. The third-order valence-corrected chi connectivity index (χ3v) is 2.45. The molecule has 82 valence electrons. The van der Waals surface area contributed by atoms with E-state index in [4.69, 9.17) is 4.74 Å². The highest BCUT2D eigenvalue weighted by atomic mass is 79.9. The number of hydrogen-bond acceptors (Lipinski definition) is 2. The Labute approximate surface area is 99.0 Å². The Morgan fingerprint density at radius 1 is 1.12 bits per heavy atom. The molecule has 2 aromatic rings. The first-order valence-electron chi connectivity index (χ1n) is 4.41. The summed E-state index contributed by atoms with van der Waals surface area (Å²) in [6, 6.07) is 7.11. The van der Waals surface area contributed by atoms with Crippen LogP contribution in [-0.2, 0) is 0 Å². The third-order valence-electron chi connectivity index (χ3n) is 1.85. The summed E-state index contributed by atoms with van der Waals surface area (Å²) >= 11 is 3.19. The molecule has 0 bridgehead atoms. The number of ether oxygens (including phenoxy) is 1. The predicted octanol–water partition coefficient (Wildman–Crippen LogP) is 3.91. The van der Waals surface area contributed by atoms with Crippen molar-refractivity contribution in [2.24, 2.45) is 0 Å². The molecule has 0 saturated carbocycles. The zero-order valence-electron chi connectivity index (χ0n) is 7.95. The lowest BCUT2D eigenvalue weighted by Gasteiger charge is -2.06. The largest absolute Gasteiger partial charge is 0.435 e. The molecule has 0 aliphatic heterocycles. The minimum Gasteiger partial charge on any atom is -0.435 e. The Morgan fingerprint density at radius 2 is 1.94 bits per heavy atom. The first kappa shape index (κ1) is 11.0. The zero-order valence-corrected chi connectivity index (χ0v) is 9.54. The van der Waals surface area contributed by atoms with Crippen molar-refractivity contribution in [1.82, 2.24) is 4.98 Å². The molecule has 2 nitrogen and oxygen atoms in total. The number of benzene rings is 1. The lowest BCUT2D eigenvalue weighted by Crippen LogP contribution is -1.93. The van der Waals surface area contributed by atoms with Crippen LogP contribution in [0.1, 0.15) is 0 Å². The van der Waals surface area contributed by atoms with Gasteiger partial charge in [-0.25, -0.2) is 9.37 Å². The maximum Gasteiger partial charge on any atom is 0.233 e. The van der Waals surface area contributed by atoms with Crippen LogP contribution in [-0.4, -0.2) is 4.98 Å². The molecule has 0 fully saturated rings. The monoisotopic (exact) mass is 285 g/mol. The Hall–Kier alpha value is -1.49. The van der Waals surface area contributed by atoms with Gasteiger partial charge in [0.2, 0.25) is 11.7 Å². The second-order valence-corrected chi connectivity index (χ2v) is 3.80. The van der Waals surface area contributed by atoms with Crippen LogP contribution in [0.15, 0.2) is 41.0 Å².